The van der Waals surface area contributed by atoms with Gasteiger partial charge in [0.25, 0.3) is 0 Å². The van der Waals surface area contributed by atoms with Crippen LogP contribution >= 0.6 is 0 Å². The largest absolute Gasteiger partial charge is 0.453 e. The Labute approximate surface area is 347 Å². The summed E-state index contributed by atoms with van der Waals surface area (Å²) in [6.45, 7) is 10.1. The first-order valence-electron chi connectivity index (χ1n) is 21.3. The number of piperidine rings is 2. The van der Waals surface area contributed by atoms with Crippen molar-refractivity contribution in [3.8, 4) is 0 Å². The minimum Gasteiger partial charge on any atom is -0.453 e. The van der Waals surface area contributed by atoms with E-state index in [4.69, 9.17) is 4.74 Å². The summed E-state index contributed by atoms with van der Waals surface area (Å²) in [6.07, 6.45) is 6.66. The lowest BCUT2D eigenvalue weighted by Crippen LogP contribution is -2.65. The maximum Gasteiger partial charge on any atom is 0.407 e. The van der Waals surface area contributed by atoms with Crippen molar-refractivity contribution in [3.05, 3.63) is 72.1 Å². The number of nitrogens with zero attached hydrogens (tertiary/aromatic N) is 4. The van der Waals surface area contributed by atoms with Crippen LogP contribution in [0.15, 0.2) is 60.0 Å². The highest BCUT2D eigenvalue weighted by atomic mass is 32.2. The van der Waals surface area contributed by atoms with Crippen molar-refractivity contribution in [2.45, 2.75) is 92.1 Å². The predicted molar refractivity (Wildman–Crippen MR) is 222 cm³/mol. The van der Waals surface area contributed by atoms with Gasteiger partial charge in [-0.1, -0.05) is 25.1 Å². The minimum absolute atomic E-state index is 0.0182. The summed E-state index contributed by atoms with van der Waals surface area (Å²) in [5.74, 6) is -0.883. The molecule has 0 radical (unpaired) electrons. The molecule has 59 heavy (non-hydrogen) atoms. The van der Waals surface area contributed by atoms with Gasteiger partial charge in [0.2, 0.25) is 11.8 Å². The second-order valence-electron chi connectivity index (χ2n) is 17.5. The number of hydrogen-bond acceptors (Lipinski definition) is 9. The summed E-state index contributed by atoms with van der Waals surface area (Å²) in [4.78, 5) is 45.5. The van der Waals surface area contributed by atoms with Crippen LogP contribution < -0.4 is 15.5 Å². The molecule has 5 fully saturated rings. The third-order valence-corrected chi connectivity index (χ3v) is 16.1. The molecule has 3 amide bonds. The van der Waals surface area contributed by atoms with E-state index >= 15 is 4.39 Å². The zero-order valence-corrected chi connectivity index (χ0v) is 35.3. The van der Waals surface area contributed by atoms with Gasteiger partial charge in [-0.25, -0.2) is 22.0 Å². The molecule has 2 aromatic rings. The van der Waals surface area contributed by atoms with Crippen LogP contribution in [0.25, 0.3) is 0 Å². The predicted octanol–water partition coefficient (Wildman–Crippen LogP) is 4.82. The van der Waals surface area contributed by atoms with E-state index in [9.17, 15) is 27.2 Å². The lowest BCUT2D eigenvalue weighted by molar-refractivity contribution is -0.126. The van der Waals surface area contributed by atoms with Crippen molar-refractivity contribution in [1.82, 2.24) is 25.3 Å². The summed E-state index contributed by atoms with van der Waals surface area (Å²) in [7, 11) is -2.41. The van der Waals surface area contributed by atoms with E-state index in [1.807, 2.05) is 17.0 Å². The lowest BCUT2D eigenvalue weighted by Gasteiger charge is -2.52. The molecule has 4 heterocycles. The van der Waals surface area contributed by atoms with Crippen LogP contribution in [0.3, 0.4) is 0 Å². The Balaban J connectivity index is 1.05. The maximum atomic E-state index is 16.6. The number of likely N-dealkylation sites (tertiary alicyclic amines) is 3. The van der Waals surface area contributed by atoms with E-state index in [0.29, 0.717) is 62.3 Å². The summed E-state index contributed by atoms with van der Waals surface area (Å²) in [5, 5.41) is 5.41. The van der Waals surface area contributed by atoms with Gasteiger partial charge in [-0.15, -0.1) is 0 Å². The summed E-state index contributed by atoms with van der Waals surface area (Å²) in [6, 6.07) is 11.8. The molecule has 2 aromatic carbocycles. The molecule has 4 saturated heterocycles. The highest BCUT2D eigenvalue weighted by molar-refractivity contribution is 7.92. The number of hydrogen-bond donors (Lipinski definition) is 2. The number of benzene rings is 2. The number of alkyl carbamates (subject to hydrolysis) is 1. The summed E-state index contributed by atoms with van der Waals surface area (Å²) >= 11 is 0. The first-order valence-corrected chi connectivity index (χ1v) is 22.8. The molecule has 1 aliphatic carbocycles. The number of alkyl halides is 1. The van der Waals surface area contributed by atoms with Gasteiger partial charge in [0, 0.05) is 56.8 Å². The number of nitrogens with one attached hydrogen (secondary N) is 2. The van der Waals surface area contributed by atoms with E-state index in [-0.39, 0.29) is 68.2 Å². The topological polar surface area (TPSA) is 132 Å². The van der Waals surface area contributed by atoms with E-state index in [1.165, 1.54) is 26.2 Å². The fourth-order valence-electron chi connectivity index (χ4n) is 10.7. The zero-order valence-electron chi connectivity index (χ0n) is 34.5. The molecular formula is C44H60F2N6O6S. The van der Waals surface area contributed by atoms with Crippen LogP contribution in [0.5, 0.6) is 0 Å². The van der Waals surface area contributed by atoms with Gasteiger partial charge in [-0.3, -0.25) is 19.4 Å². The maximum absolute atomic E-state index is 16.6. The van der Waals surface area contributed by atoms with E-state index in [1.54, 1.807) is 29.2 Å². The number of methoxy groups -OCH3 is 1. The van der Waals surface area contributed by atoms with E-state index < -0.39 is 32.3 Å². The number of ether oxygens (including phenoxy) is 1. The van der Waals surface area contributed by atoms with Crippen LogP contribution in [-0.4, -0.2) is 131 Å². The molecule has 4 atom stereocenters. The molecule has 15 heteroatoms. The highest BCUT2D eigenvalue weighted by Crippen LogP contribution is 2.50. The molecule has 0 bridgehead atoms. The van der Waals surface area contributed by atoms with Gasteiger partial charge >= 0.3 is 6.09 Å². The molecule has 322 valence electrons. The fraction of sp³-hybridized carbons (Fsp3) is 0.614. The Hall–Kier alpha value is -4.08. The molecule has 0 aromatic heterocycles. The summed E-state index contributed by atoms with van der Waals surface area (Å²) < 4.78 is 64.8. The molecule has 0 spiro atoms. The average Bonchev–Trinajstić information content (AvgIpc) is 3.66. The molecule has 12 nitrogen and oxygen atoms in total. The Morgan fingerprint density at radius 3 is 2.39 bits per heavy atom. The van der Waals surface area contributed by atoms with Crippen LogP contribution in [0, 0.1) is 17.7 Å². The van der Waals surface area contributed by atoms with Gasteiger partial charge in [0.1, 0.15) is 5.82 Å². The third kappa shape index (κ3) is 9.17. The summed E-state index contributed by atoms with van der Waals surface area (Å²) in [5.41, 5.74) is 0.147. The second-order valence-corrected chi connectivity index (χ2v) is 19.7. The Morgan fingerprint density at radius 1 is 0.966 bits per heavy atom. The number of halogens is 2. The SMILES string of the molecule is C=CC(=O)N1CCC[C@H](S(=O)(=O)c2ccc(N3CC(F)(CN4CCC([C@@](CNC(C)=O)(c5cccc(F)c5)[C@H]5CCC[C@@H]5NC(=O)OC)CC4)C3)cc2CN2CCC2)C1. The quantitative estimate of drug-likeness (QED) is 0.257. The minimum atomic E-state index is -3.75. The van der Waals surface area contributed by atoms with Crippen molar-refractivity contribution < 1.29 is 36.3 Å². The van der Waals surface area contributed by atoms with E-state index in [0.717, 1.165) is 50.0 Å². The number of rotatable bonds is 14. The molecule has 7 rings (SSSR count). The number of sulfone groups is 1. The monoisotopic (exact) mass is 838 g/mol. The lowest BCUT2D eigenvalue weighted by atomic mass is 9.58. The first-order chi connectivity index (χ1) is 28.2. The smallest absolute Gasteiger partial charge is 0.407 e. The van der Waals surface area contributed by atoms with Crippen LogP contribution in [-0.2, 0) is 36.1 Å². The molecule has 5 aliphatic rings. The Kier molecular flexibility index (Phi) is 13.0. The van der Waals surface area contributed by atoms with Gasteiger partial charge < -0.3 is 25.2 Å². The zero-order chi connectivity index (χ0) is 42.0. The van der Waals surface area contributed by atoms with Gasteiger partial charge in [-0.05, 0) is 130 Å². The standard InChI is InChI=1S/C44H60F2N6O6S/c1-4-41(54)51-20-7-11-37(26-51)59(56,57)40-15-14-36(23-32(40)25-49-18-8-19-49)52-29-43(46,30-52)28-50-21-16-33(17-22-50)44(27-47-31(2)53,34-9-5-10-35(45)24-34)38-12-6-13-39(38)48-42(55)58-3/h4-5,9-10,14-15,23-24,33,37-39H,1,6-8,11-13,16-22,25-30H2,2-3H3,(H,47,53)(H,48,55)/t37-,38-,39-,44-/m0/s1. The number of carbonyl (C=O) groups excluding carboxylic acids is 3. The normalized spacial score (nSPS) is 25.0. The fourth-order valence-corrected chi connectivity index (χ4v) is 12.7. The molecular weight excluding hydrogens is 779 g/mol. The van der Waals surface area contributed by atoms with Crippen LogP contribution in [0.4, 0.5) is 19.3 Å². The van der Waals surface area contributed by atoms with Crippen LogP contribution in [0.1, 0.15) is 69.4 Å². The van der Waals surface area contributed by atoms with Crippen molar-refractivity contribution in [2.75, 3.05) is 77.5 Å². The molecule has 4 aliphatic heterocycles. The third-order valence-electron chi connectivity index (χ3n) is 13.8. The second kappa shape index (κ2) is 17.9. The van der Waals surface area contributed by atoms with Gasteiger partial charge in [0.05, 0.1) is 30.3 Å². The van der Waals surface area contributed by atoms with Gasteiger partial charge in [0.15, 0.2) is 15.5 Å². The van der Waals surface area contributed by atoms with Crippen molar-refractivity contribution in [3.63, 3.8) is 0 Å². The average molecular weight is 839 g/mol. The highest BCUT2D eigenvalue weighted by Gasteiger charge is 2.53. The number of anilines is 1. The first kappa shape index (κ1) is 43.0. The molecule has 1 saturated carbocycles. The Morgan fingerprint density at radius 2 is 1.73 bits per heavy atom. The van der Waals surface area contributed by atoms with Gasteiger partial charge in [-0.2, -0.15) is 0 Å². The molecule has 0 unspecified atom stereocenters. The van der Waals surface area contributed by atoms with Crippen molar-refractivity contribution in [1.29, 1.82) is 0 Å². The van der Waals surface area contributed by atoms with E-state index in [2.05, 4.69) is 27.0 Å². The Bertz CT molecular complexity index is 1980. The number of carbonyl (C=O) groups is 3. The van der Waals surface area contributed by atoms with Crippen LogP contribution in [0.2, 0.25) is 0 Å². The van der Waals surface area contributed by atoms with Crippen molar-refractivity contribution in [2.24, 2.45) is 11.8 Å². The number of amides is 3. The van der Waals surface area contributed by atoms with Crippen molar-refractivity contribution >= 4 is 33.4 Å². The molecule has 2 N–H and O–H groups in total.